The van der Waals surface area contributed by atoms with E-state index in [1.54, 1.807) is 6.07 Å². The number of nitrogens with two attached hydrogens (primary N) is 1. The number of aryl methyl sites for hydroxylation is 1. The minimum absolute atomic E-state index is 0.0587. The number of likely N-dealkylation sites (tertiary alicyclic amines) is 1. The van der Waals surface area contributed by atoms with Crippen molar-refractivity contribution in [2.75, 3.05) is 26.2 Å². The zero-order valence-electron chi connectivity index (χ0n) is 19.2. The molecule has 0 saturated carbocycles. The topological polar surface area (TPSA) is 120 Å². The SMILES string of the molecule is Cn1nc(-c2cccc(Cl)c2Cl)cc1C1CCN(S(=O)(=O)NCC[C@@H]2CCCN2C(=N)N)CC1. The summed E-state index contributed by atoms with van der Waals surface area (Å²) in [5.41, 5.74) is 8.22. The molecule has 1 aromatic carbocycles. The summed E-state index contributed by atoms with van der Waals surface area (Å²) in [6.07, 6.45) is 3.97. The molecule has 3 heterocycles. The maximum Gasteiger partial charge on any atom is 0.279 e. The first-order chi connectivity index (χ1) is 16.2. The molecule has 0 unspecified atom stereocenters. The molecule has 0 bridgehead atoms. The smallest absolute Gasteiger partial charge is 0.279 e. The molecule has 0 aliphatic carbocycles. The van der Waals surface area contributed by atoms with Crippen molar-refractivity contribution in [1.82, 2.24) is 23.7 Å². The molecule has 4 N–H and O–H groups in total. The van der Waals surface area contributed by atoms with E-state index in [2.05, 4.69) is 9.82 Å². The summed E-state index contributed by atoms with van der Waals surface area (Å²) in [5.74, 6) is 0.265. The van der Waals surface area contributed by atoms with E-state index in [-0.39, 0.29) is 17.9 Å². The molecule has 1 aromatic heterocycles. The van der Waals surface area contributed by atoms with Gasteiger partial charge in [0.05, 0.1) is 15.7 Å². The molecule has 2 fully saturated rings. The van der Waals surface area contributed by atoms with Crippen LogP contribution in [0.4, 0.5) is 0 Å². The first-order valence-electron chi connectivity index (χ1n) is 11.5. The second-order valence-corrected chi connectivity index (χ2v) is 11.5. The number of nitrogens with one attached hydrogen (secondary N) is 2. The number of halogens is 2. The van der Waals surface area contributed by atoms with Gasteiger partial charge in [-0.1, -0.05) is 35.3 Å². The molecular formula is C22H31Cl2N7O2S. The number of hydrogen-bond acceptors (Lipinski definition) is 4. The van der Waals surface area contributed by atoms with Crippen molar-refractivity contribution >= 4 is 39.4 Å². The Labute approximate surface area is 210 Å². The summed E-state index contributed by atoms with van der Waals surface area (Å²) in [6.45, 7) is 1.99. The predicted molar refractivity (Wildman–Crippen MR) is 135 cm³/mol. The minimum atomic E-state index is -3.55. The third kappa shape index (κ3) is 5.36. The van der Waals surface area contributed by atoms with Crippen LogP contribution in [0.25, 0.3) is 11.3 Å². The van der Waals surface area contributed by atoms with Crippen LogP contribution in [0, 0.1) is 5.41 Å². The van der Waals surface area contributed by atoms with Crippen LogP contribution in [0.1, 0.15) is 43.7 Å². The minimum Gasteiger partial charge on any atom is -0.370 e. The second-order valence-electron chi connectivity index (χ2n) is 8.92. The first kappa shape index (κ1) is 25.2. The fourth-order valence-corrected chi connectivity index (χ4v) is 6.63. The molecule has 9 nitrogen and oxygen atoms in total. The molecular weight excluding hydrogens is 497 g/mol. The molecule has 1 atom stereocenters. The summed E-state index contributed by atoms with van der Waals surface area (Å²) in [6, 6.07) is 7.63. The van der Waals surface area contributed by atoms with Crippen molar-refractivity contribution in [1.29, 1.82) is 5.41 Å². The summed E-state index contributed by atoms with van der Waals surface area (Å²) in [7, 11) is -1.65. The van der Waals surface area contributed by atoms with E-state index in [1.165, 1.54) is 4.31 Å². The van der Waals surface area contributed by atoms with Crippen LogP contribution in [0.5, 0.6) is 0 Å². The Balaban J connectivity index is 1.33. The highest BCUT2D eigenvalue weighted by molar-refractivity contribution is 7.87. The first-order valence-corrected chi connectivity index (χ1v) is 13.7. The average Bonchev–Trinajstić information content (AvgIpc) is 3.42. The number of piperidine rings is 1. The Morgan fingerprint density at radius 2 is 1.97 bits per heavy atom. The van der Waals surface area contributed by atoms with Crippen molar-refractivity contribution in [2.45, 2.75) is 44.1 Å². The maximum atomic E-state index is 12.8. The van der Waals surface area contributed by atoms with Gasteiger partial charge < -0.3 is 10.6 Å². The molecule has 12 heteroatoms. The molecule has 4 rings (SSSR count). The average molecular weight is 529 g/mol. The number of aromatic nitrogens is 2. The van der Waals surface area contributed by atoms with E-state index >= 15 is 0 Å². The molecule has 0 spiro atoms. The van der Waals surface area contributed by atoms with Crippen LogP contribution < -0.4 is 10.5 Å². The molecule has 2 aromatic rings. The molecule has 2 aliphatic heterocycles. The van der Waals surface area contributed by atoms with E-state index < -0.39 is 10.2 Å². The number of benzene rings is 1. The Morgan fingerprint density at radius 1 is 1.24 bits per heavy atom. The Kier molecular flexibility index (Phi) is 7.73. The normalized spacial score (nSPS) is 20.2. The number of guanidine groups is 1. The quantitative estimate of drug-likeness (QED) is 0.377. The van der Waals surface area contributed by atoms with Crippen molar-refractivity contribution in [3.05, 3.63) is 40.0 Å². The van der Waals surface area contributed by atoms with Crippen LogP contribution >= 0.6 is 23.2 Å². The third-order valence-corrected chi connectivity index (χ3v) is 9.24. The molecule has 0 radical (unpaired) electrons. The van der Waals surface area contributed by atoms with Crippen LogP contribution in [-0.2, 0) is 17.3 Å². The van der Waals surface area contributed by atoms with Crippen LogP contribution in [-0.4, -0.2) is 65.6 Å². The summed E-state index contributed by atoms with van der Waals surface area (Å²) < 4.78 is 31.8. The van der Waals surface area contributed by atoms with Crippen molar-refractivity contribution in [2.24, 2.45) is 12.8 Å². The van der Waals surface area contributed by atoms with Gasteiger partial charge in [-0.15, -0.1) is 0 Å². The van der Waals surface area contributed by atoms with E-state index in [9.17, 15) is 8.42 Å². The van der Waals surface area contributed by atoms with Gasteiger partial charge in [-0.25, -0.2) is 4.72 Å². The highest BCUT2D eigenvalue weighted by atomic mass is 35.5. The van der Waals surface area contributed by atoms with Crippen LogP contribution in [0.15, 0.2) is 24.3 Å². The van der Waals surface area contributed by atoms with E-state index in [0.29, 0.717) is 48.9 Å². The lowest BCUT2D eigenvalue weighted by Crippen LogP contribution is -2.46. The van der Waals surface area contributed by atoms with Crippen LogP contribution in [0.2, 0.25) is 10.0 Å². The van der Waals surface area contributed by atoms with Crippen molar-refractivity contribution in [3.8, 4) is 11.3 Å². The monoisotopic (exact) mass is 527 g/mol. The molecule has 34 heavy (non-hydrogen) atoms. The third-order valence-electron chi connectivity index (χ3n) is 6.80. The predicted octanol–water partition coefficient (Wildman–Crippen LogP) is 3.16. The second kappa shape index (κ2) is 10.4. The zero-order valence-corrected chi connectivity index (χ0v) is 21.5. The lowest BCUT2D eigenvalue weighted by Gasteiger charge is -2.31. The van der Waals surface area contributed by atoms with E-state index in [1.807, 2.05) is 34.8 Å². The molecule has 186 valence electrons. The van der Waals surface area contributed by atoms with Crippen molar-refractivity contribution < 1.29 is 8.42 Å². The van der Waals surface area contributed by atoms with Gasteiger partial charge >= 0.3 is 0 Å². The van der Waals surface area contributed by atoms with Gasteiger partial charge in [0, 0.05) is 56.4 Å². The maximum absolute atomic E-state index is 12.8. The standard InChI is InChI=1S/C22H31Cl2N7O2S/c1-29-20(14-19(28-29)17-5-2-6-18(23)21(17)24)15-8-12-30(13-9-15)34(32,33)27-10-7-16-4-3-11-31(16)22(25)26/h2,5-6,14-16,27H,3-4,7-13H2,1H3,(H3,25,26)/t16-/m0/s1. The number of hydrogen-bond donors (Lipinski definition) is 3. The van der Waals surface area contributed by atoms with Gasteiger partial charge in [-0.3, -0.25) is 10.1 Å². The summed E-state index contributed by atoms with van der Waals surface area (Å²) >= 11 is 12.5. The number of nitrogens with zero attached hydrogens (tertiary/aromatic N) is 4. The Hall–Kier alpha value is -1.85. The highest BCUT2D eigenvalue weighted by Gasteiger charge is 2.31. The lowest BCUT2D eigenvalue weighted by atomic mass is 9.94. The van der Waals surface area contributed by atoms with Crippen molar-refractivity contribution in [3.63, 3.8) is 0 Å². The molecule has 2 saturated heterocycles. The van der Waals surface area contributed by atoms with Gasteiger partial charge in [0.25, 0.3) is 10.2 Å². The zero-order chi connectivity index (χ0) is 24.5. The lowest BCUT2D eigenvalue weighted by molar-refractivity contribution is 0.307. The van der Waals surface area contributed by atoms with Gasteiger partial charge in [0.2, 0.25) is 0 Å². The van der Waals surface area contributed by atoms with E-state index in [0.717, 1.165) is 36.3 Å². The Bertz CT molecular complexity index is 1150. The summed E-state index contributed by atoms with van der Waals surface area (Å²) in [5, 5.41) is 13.2. The fraction of sp³-hybridized carbons (Fsp3) is 0.545. The van der Waals surface area contributed by atoms with E-state index in [4.69, 9.17) is 34.3 Å². The van der Waals surface area contributed by atoms with Gasteiger partial charge in [0.15, 0.2) is 5.96 Å². The fourth-order valence-electron chi connectivity index (χ4n) is 4.99. The molecule has 0 amide bonds. The Morgan fingerprint density at radius 3 is 2.68 bits per heavy atom. The van der Waals surface area contributed by atoms with Gasteiger partial charge in [-0.2, -0.15) is 17.8 Å². The summed E-state index contributed by atoms with van der Waals surface area (Å²) in [4.78, 5) is 1.85. The van der Waals surface area contributed by atoms with Gasteiger partial charge in [0.1, 0.15) is 0 Å². The highest BCUT2D eigenvalue weighted by Crippen LogP contribution is 2.36. The van der Waals surface area contributed by atoms with Gasteiger partial charge in [-0.05, 0) is 44.2 Å². The molecule has 2 aliphatic rings. The van der Waals surface area contributed by atoms with Crippen LogP contribution in [0.3, 0.4) is 0 Å². The number of rotatable bonds is 7. The largest absolute Gasteiger partial charge is 0.370 e.